The van der Waals surface area contributed by atoms with Gasteiger partial charge < -0.3 is 5.32 Å². The molecule has 2 saturated carbocycles. The van der Waals surface area contributed by atoms with E-state index >= 15 is 0 Å². The predicted octanol–water partition coefficient (Wildman–Crippen LogP) is 3.81. The van der Waals surface area contributed by atoms with Crippen molar-refractivity contribution < 1.29 is 0 Å². The van der Waals surface area contributed by atoms with Crippen LogP contribution in [-0.2, 0) is 0 Å². The van der Waals surface area contributed by atoms with Gasteiger partial charge in [0, 0.05) is 24.7 Å². The Hall–Kier alpha value is -0.0800. The van der Waals surface area contributed by atoms with Gasteiger partial charge in [0.1, 0.15) is 0 Å². The first-order chi connectivity index (χ1) is 9.20. The SMILES string of the molecule is CCCNC1CCC(N(CC(C)C)C2CCCC2)C1. The first kappa shape index (κ1) is 15.3. The highest BCUT2D eigenvalue weighted by atomic mass is 15.2. The van der Waals surface area contributed by atoms with Crippen LogP contribution in [0.2, 0.25) is 0 Å². The first-order valence-corrected chi connectivity index (χ1v) is 8.69. The van der Waals surface area contributed by atoms with Gasteiger partial charge in [-0.3, -0.25) is 4.90 Å². The van der Waals surface area contributed by atoms with Gasteiger partial charge in [-0.05, 0) is 51.0 Å². The van der Waals surface area contributed by atoms with Gasteiger partial charge in [-0.15, -0.1) is 0 Å². The van der Waals surface area contributed by atoms with Crippen LogP contribution in [0.25, 0.3) is 0 Å². The first-order valence-electron chi connectivity index (χ1n) is 8.69. The monoisotopic (exact) mass is 266 g/mol. The Kier molecular flexibility index (Phi) is 6.15. The average molecular weight is 266 g/mol. The Labute approximate surface area is 120 Å². The second-order valence-corrected chi connectivity index (χ2v) is 7.15. The summed E-state index contributed by atoms with van der Waals surface area (Å²) in [7, 11) is 0. The van der Waals surface area contributed by atoms with Crippen LogP contribution in [0.4, 0.5) is 0 Å². The van der Waals surface area contributed by atoms with Crippen LogP contribution in [0, 0.1) is 5.92 Å². The molecule has 0 aromatic carbocycles. The summed E-state index contributed by atoms with van der Waals surface area (Å²) in [6, 6.07) is 2.55. The van der Waals surface area contributed by atoms with E-state index in [-0.39, 0.29) is 0 Å². The van der Waals surface area contributed by atoms with Crippen molar-refractivity contribution in [3.8, 4) is 0 Å². The standard InChI is InChI=1S/C17H34N2/c1-4-11-18-15-9-10-17(12-15)19(13-14(2)3)16-7-5-6-8-16/h14-18H,4-13H2,1-3H3. The minimum absolute atomic E-state index is 0.793. The van der Waals surface area contributed by atoms with Crippen molar-refractivity contribution in [3.63, 3.8) is 0 Å². The van der Waals surface area contributed by atoms with Crippen molar-refractivity contribution in [2.75, 3.05) is 13.1 Å². The van der Waals surface area contributed by atoms with E-state index < -0.39 is 0 Å². The summed E-state index contributed by atoms with van der Waals surface area (Å²) >= 11 is 0. The largest absolute Gasteiger partial charge is 0.314 e. The summed E-state index contributed by atoms with van der Waals surface area (Å²) in [5.74, 6) is 0.809. The van der Waals surface area contributed by atoms with E-state index in [1.807, 2.05) is 0 Å². The van der Waals surface area contributed by atoms with Crippen LogP contribution in [-0.4, -0.2) is 36.1 Å². The number of hydrogen-bond acceptors (Lipinski definition) is 2. The van der Waals surface area contributed by atoms with Gasteiger partial charge in [0.2, 0.25) is 0 Å². The van der Waals surface area contributed by atoms with E-state index in [4.69, 9.17) is 0 Å². The number of rotatable bonds is 7. The smallest absolute Gasteiger partial charge is 0.0114 e. The molecule has 2 atom stereocenters. The third-order valence-corrected chi connectivity index (χ3v) is 4.93. The molecule has 0 aromatic rings. The van der Waals surface area contributed by atoms with Crippen LogP contribution in [0.15, 0.2) is 0 Å². The molecule has 2 heteroatoms. The maximum Gasteiger partial charge on any atom is 0.0114 e. The third-order valence-electron chi connectivity index (χ3n) is 4.93. The van der Waals surface area contributed by atoms with E-state index in [9.17, 15) is 0 Å². The minimum atomic E-state index is 0.793. The lowest BCUT2D eigenvalue weighted by Crippen LogP contribution is -2.43. The second-order valence-electron chi connectivity index (χ2n) is 7.15. The van der Waals surface area contributed by atoms with Crippen molar-refractivity contribution in [2.24, 2.45) is 5.92 Å². The molecule has 0 saturated heterocycles. The van der Waals surface area contributed by atoms with Gasteiger partial charge in [0.25, 0.3) is 0 Å². The Morgan fingerprint density at radius 1 is 1.05 bits per heavy atom. The number of nitrogens with one attached hydrogen (secondary N) is 1. The van der Waals surface area contributed by atoms with Gasteiger partial charge in [-0.1, -0.05) is 33.6 Å². The Morgan fingerprint density at radius 3 is 2.42 bits per heavy atom. The van der Waals surface area contributed by atoms with E-state index in [1.54, 1.807) is 0 Å². The van der Waals surface area contributed by atoms with Gasteiger partial charge in [0.15, 0.2) is 0 Å². The Bertz CT molecular complexity index is 246. The molecule has 2 nitrogen and oxygen atoms in total. The lowest BCUT2D eigenvalue weighted by Gasteiger charge is -2.36. The van der Waals surface area contributed by atoms with Crippen LogP contribution in [0.1, 0.15) is 72.1 Å². The van der Waals surface area contributed by atoms with Gasteiger partial charge in [0.05, 0.1) is 0 Å². The molecule has 2 aliphatic carbocycles. The highest BCUT2D eigenvalue weighted by Gasteiger charge is 2.34. The molecule has 0 aromatic heterocycles. The van der Waals surface area contributed by atoms with Crippen molar-refractivity contribution in [1.82, 2.24) is 10.2 Å². The molecule has 2 fully saturated rings. The normalized spacial score (nSPS) is 28.9. The summed E-state index contributed by atoms with van der Waals surface area (Å²) in [5.41, 5.74) is 0. The molecule has 19 heavy (non-hydrogen) atoms. The fourth-order valence-electron chi connectivity index (χ4n) is 4.05. The maximum absolute atomic E-state index is 3.73. The van der Waals surface area contributed by atoms with E-state index in [1.165, 1.54) is 64.5 Å². The fraction of sp³-hybridized carbons (Fsp3) is 1.00. The summed E-state index contributed by atoms with van der Waals surface area (Å²) in [6.07, 6.45) is 11.3. The lowest BCUT2D eigenvalue weighted by molar-refractivity contribution is 0.119. The molecule has 0 aliphatic heterocycles. The molecule has 0 amide bonds. The lowest BCUT2D eigenvalue weighted by atomic mass is 10.1. The van der Waals surface area contributed by atoms with Crippen LogP contribution >= 0.6 is 0 Å². The van der Waals surface area contributed by atoms with Crippen LogP contribution in [0.3, 0.4) is 0 Å². The fourth-order valence-corrected chi connectivity index (χ4v) is 4.05. The zero-order valence-corrected chi connectivity index (χ0v) is 13.3. The molecule has 0 bridgehead atoms. The highest BCUT2D eigenvalue weighted by Crippen LogP contribution is 2.32. The molecule has 2 aliphatic rings. The molecule has 2 rings (SSSR count). The molecule has 0 spiro atoms. The molecule has 2 unspecified atom stereocenters. The van der Waals surface area contributed by atoms with E-state index in [0.29, 0.717) is 0 Å². The summed E-state index contributed by atoms with van der Waals surface area (Å²) in [6.45, 7) is 9.54. The molecular formula is C17H34N2. The number of nitrogens with zero attached hydrogens (tertiary/aromatic N) is 1. The van der Waals surface area contributed by atoms with Gasteiger partial charge in [-0.2, -0.15) is 0 Å². The van der Waals surface area contributed by atoms with E-state index in [0.717, 1.165) is 24.0 Å². The molecular weight excluding hydrogens is 232 g/mol. The Morgan fingerprint density at radius 2 is 1.79 bits per heavy atom. The molecule has 1 N–H and O–H groups in total. The third kappa shape index (κ3) is 4.46. The quantitative estimate of drug-likeness (QED) is 0.754. The maximum atomic E-state index is 3.73. The second kappa shape index (κ2) is 7.64. The molecule has 112 valence electrons. The zero-order valence-electron chi connectivity index (χ0n) is 13.3. The van der Waals surface area contributed by atoms with Crippen molar-refractivity contribution >= 4 is 0 Å². The van der Waals surface area contributed by atoms with Crippen LogP contribution in [0.5, 0.6) is 0 Å². The molecule has 0 heterocycles. The predicted molar refractivity (Wildman–Crippen MR) is 83.5 cm³/mol. The minimum Gasteiger partial charge on any atom is -0.314 e. The summed E-state index contributed by atoms with van der Waals surface area (Å²) in [4.78, 5) is 2.89. The summed E-state index contributed by atoms with van der Waals surface area (Å²) in [5, 5.41) is 3.73. The van der Waals surface area contributed by atoms with Crippen molar-refractivity contribution in [3.05, 3.63) is 0 Å². The average Bonchev–Trinajstić information content (AvgIpc) is 3.04. The van der Waals surface area contributed by atoms with E-state index in [2.05, 4.69) is 31.0 Å². The van der Waals surface area contributed by atoms with Crippen molar-refractivity contribution in [1.29, 1.82) is 0 Å². The van der Waals surface area contributed by atoms with Crippen LogP contribution < -0.4 is 5.32 Å². The van der Waals surface area contributed by atoms with Gasteiger partial charge in [-0.25, -0.2) is 0 Å². The zero-order chi connectivity index (χ0) is 13.7. The molecule has 0 radical (unpaired) electrons. The van der Waals surface area contributed by atoms with Gasteiger partial charge >= 0.3 is 0 Å². The highest BCUT2D eigenvalue weighted by molar-refractivity contribution is 4.91. The number of hydrogen-bond donors (Lipinski definition) is 1. The Balaban J connectivity index is 1.87. The topological polar surface area (TPSA) is 15.3 Å². The summed E-state index contributed by atoms with van der Waals surface area (Å²) < 4.78 is 0. The van der Waals surface area contributed by atoms with Crippen molar-refractivity contribution in [2.45, 2.75) is 90.3 Å².